The topological polar surface area (TPSA) is 9.23 Å². The number of para-hydroxylation sites is 1. The van der Waals surface area contributed by atoms with Gasteiger partial charge in [0.2, 0.25) is 0 Å². The molecule has 1 aromatic carbocycles. The van der Waals surface area contributed by atoms with Crippen molar-refractivity contribution >= 4 is 0 Å². The molecule has 0 radical (unpaired) electrons. The van der Waals surface area contributed by atoms with Crippen LogP contribution in [0.3, 0.4) is 0 Å². The summed E-state index contributed by atoms with van der Waals surface area (Å²) in [7, 11) is 0. The molecule has 0 N–H and O–H groups in total. The monoisotopic (exact) mass is 230 g/mol. The second-order valence-corrected chi connectivity index (χ2v) is 4.28. The Morgan fingerprint density at radius 2 is 1.94 bits per heavy atom. The zero-order valence-electron chi connectivity index (χ0n) is 10.7. The van der Waals surface area contributed by atoms with Crippen LogP contribution in [0.15, 0.2) is 55.6 Å². The van der Waals surface area contributed by atoms with Crippen LogP contribution in [0.5, 0.6) is 5.75 Å². The molecule has 1 unspecified atom stereocenters. The Morgan fingerprint density at radius 1 is 1.24 bits per heavy atom. The maximum atomic E-state index is 6.10. The molecule has 0 aliphatic carbocycles. The van der Waals surface area contributed by atoms with E-state index in [-0.39, 0.29) is 5.60 Å². The van der Waals surface area contributed by atoms with Gasteiger partial charge in [-0.15, -0.1) is 6.58 Å². The Kier molecular flexibility index (Phi) is 5.55. The van der Waals surface area contributed by atoms with Crippen LogP contribution in [0.2, 0.25) is 0 Å². The molecule has 0 bridgehead atoms. The molecule has 1 atom stereocenters. The summed E-state index contributed by atoms with van der Waals surface area (Å²) in [6.45, 7) is 9.93. The van der Waals surface area contributed by atoms with Crippen LogP contribution >= 0.6 is 0 Å². The summed E-state index contributed by atoms with van der Waals surface area (Å²) in [6.07, 6.45) is 7.88. The fourth-order valence-corrected chi connectivity index (χ4v) is 1.87. The molecule has 0 saturated carbocycles. The lowest BCUT2D eigenvalue weighted by Gasteiger charge is -2.30. The molecule has 0 spiro atoms. The summed E-state index contributed by atoms with van der Waals surface area (Å²) in [5, 5.41) is 0. The van der Waals surface area contributed by atoms with E-state index in [0.29, 0.717) is 0 Å². The minimum Gasteiger partial charge on any atom is -0.483 e. The van der Waals surface area contributed by atoms with E-state index in [1.54, 1.807) is 0 Å². The fourth-order valence-electron chi connectivity index (χ4n) is 1.87. The normalized spacial score (nSPS) is 13.7. The lowest BCUT2D eigenvalue weighted by Crippen LogP contribution is -2.33. The van der Waals surface area contributed by atoms with Gasteiger partial charge in [-0.1, -0.05) is 44.2 Å². The molecule has 0 amide bonds. The summed E-state index contributed by atoms with van der Waals surface area (Å²) in [6, 6.07) is 9.91. The first-order chi connectivity index (χ1) is 8.26. The average molecular weight is 230 g/mol. The molecular weight excluding hydrogens is 208 g/mol. The first-order valence-electron chi connectivity index (χ1n) is 6.25. The molecule has 0 aliphatic rings. The smallest absolute Gasteiger partial charge is 0.130 e. The number of hydrogen-bond donors (Lipinski definition) is 0. The highest BCUT2D eigenvalue weighted by atomic mass is 16.5. The Bertz CT molecular complexity index is 342. The molecule has 0 aromatic heterocycles. The number of rotatable bonds is 8. The predicted octanol–water partition coefficient (Wildman–Crippen LogP) is 4.76. The SMILES string of the molecule is C=CCC(C=C)(CCCC)Oc1ccccc1. The third kappa shape index (κ3) is 4.10. The maximum absolute atomic E-state index is 6.10. The Labute approximate surface area is 105 Å². The molecule has 0 fully saturated rings. The van der Waals surface area contributed by atoms with E-state index in [2.05, 4.69) is 20.1 Å². The fraction of sp³-hybridized carbons (Fsp3) is 0.375. The van der Waals surface area contributed by atoms with E-state index in [9.17, 15) is 0 Å². The van der Waals surface area contributed by atoms with Crippen LogP contribution in [-0.2, 0) is 0 Å². The molecule has 1 aromatic rings. The molecule has 1 heteroatoms. The first kappa shape index (κ1) is 13.6. The predicted molar refractivity (Wildman–Crippen MR) is 74.3 cm³/mol. The van der Waals surface area contributed by atoms with E-state index in [4.69, 9.17) is 4.74 Å². The van der Waals surface area contributed by atoms with Crippen molar-refractivity contribution in [1.29, 1.82) is 0 Å². The summed E-state index contributed by atoms with van der Waals surface area (Å²) in [5.74, 6) is 0.894. The molecular formula is C16H22O. The van der Waals surface area contributed by atoms with Crippen molar-refractivity contribution in [3.8, 4) is 5.75 Å². The molecule has 92 valence electrons. The molecule has 1 nitrogen and oxygen atoms in total. The van der Waals surface area contributed by atoms with Gasteiger partial charge in [-0.05, 0) is 31.1 Å². The van der Waals surface area contributed by atoms with Crippen LogP contribution in [0, 0.1) is 0 Å². The summed E-state index contributed by atoms with van der Waals surface area (Å²) in [5.41, 5.74) is -0.306. The van der Waals surface area contributed by atoms with Gasteiger partial charge in [-0.2, -0.15) is 0 Å². The van der Waals surface area contributed by atoms with Crippen molar-refractivity contribution in [2.75, 3.05) is 0 Å². The Balaban J connectivity index is 2.81. The minimum absolute atomic E-state index is 0.306. The van der Waals surface area contributed by atoms with Crippen LogP contribution in [0.4, 0.5) is 0 Å². The summed E-state index contributed by atoms with van der Waals surface area (Å²) in [4.78, 5) is 0. The van der Waals surface area contributed by atoms with Gasteiger partial charge < -0.3 is 4.74 Å². The zero-order chi connectivity index (χ0) is 12.6. The van der Waals surface area contributed by atoms with Gasteiger partial charge in [0.25, 0.3) is 0 Å². The van der Waals surface area contributed by atoms with E-state index in [1.807, 2.05) is 42.5 Å². The summed E-state index contributed by atoms with van der Waals surface area (Å²) >= 11 is 0. The summed E-state index contributed by atoms with van der Waals surface area (Å²) < 4.78 is 6.10. The zero-order valence-corrected chi connectivity index (χ0v) is 10.7. The Morgan fingerprint density at radius 3 is 2.47 bits per heavy atom. The van der Waals surface area contributed by atoms with Gasteiger partial charge in [-0.25, -0.2) is 0 Å². The van der Waals surface area contributed by atoms with Crippen LogP contribution < -0.4 is 4.74 Å². The van der Waals surface area contributed by atoms with E-state index < -0.39 is 0 Å². The largest absolute Gasteiger partial charge is 0.483 e. The van der Waals surface area contributed by atoms with Gasteiger partial charge in [0.15, 0.2) is 0 Å². The Hall–Kier alpha value is -1.50. The lowest BCUT2D eigenvalue weighted by atomic mass is 9.92. The molecule has 0 saturated heterocycles. The van der Waals surface area contributed by atoms with E-state index in [1.165, 1.54) is 0 Å². The third-order valence-corrected chi connectivity index (χ3v) is 2.88. The van der Waals surface area contributed by atoms with Crippen molar-refractivity contribution < 1.29 is 4.74 Å². The van der Waals surface area contributed by atoms with Gasteiger partial charge in [0, 0.05) is 6.42 Å². The van der Waals surface area contributed by atoms with Gasteiger partial charge in [0.1, 0.15) is 11.4 Å². The lowest BCUT2D eigenvalue weighted by molar-refractivity contribution is 0.110. The highest BCUT2D eigenvalue weighted by molar-refractivity contribution is 5.23. The highest BCUT2D eigenvalue weighted by Gasteiger charge is 2.26. The second kappa shape index (κ2) is 6.95. The molecule has 17 heavy (non-hydrogen) atoms. The molecule has 1 rings (SSSR count). The highest BCUT2D eigenvalue weighted by Crippen LogP contribution is 2.28. The van der Waals surface area contributed by atoms with E-state index in [0.717, 1.165) is 31.4 Å². The van der Waals surface area contributed by atoms with Crippen LogP contribution in [0.1, 0.15) is 32.6 Å². The van der Waals surface area contributed by atoms with Crippen molar-refractivity contribution in [3.63, 3.8) is 0 Å². The van der Waals surface area contributed by atoms with Gasteiger partial charge in [0.05, 0.1) is 0 Å². The number of unbranched alkanes of at least 4 members (excludes halogenated alkanes) is 1. The van der Waals surface area contributed by atoms with Crippen molar-refractivity contribution in [2.24, 2.45) is 0 Å². The molecule has 0 heterocycles. The average Bonchev–Trinajstić information content (AvgIpc) is 2.37. The van der Waals surface area contributed by atoms with Crippen molar-refractivity contribution in [1.82, 2.24) is 0 Å². The number of benzene rings is 1. The van der Waals surface area contributed by atoms with Gasteiger partial charge in [-0.3, -0.25) is 0 Å². The van der Waals surface area contributed by atoms with Crippen LogP contribution in [-0.4, -0.2) is 5.60 Å². The quantitative estimate of drug-likeness (QED) is 0.585. The standard InChI is InChI=1S/C16H22O/c1-4-7-14-16(6-3,13-5-2)17-15-11-9-8-10-12-15/h5-6,8-12H,2-4,7,13-14H2,1H3. The number of ether oxygens (including phenoxy) is 1. The third-order valence-electron chi connectivity index (χ3n) is 2.88. The van der Waals surface area contributed by atoms with Crippen LogP contribution in [0.25, 0.3) is 0 Å². The maximum Gasteiger partial charge on any atom is 0.130 e. The molecule has 0 aliphatic heterocycles. The minimum atomic E-state index is -0.306. The second-order valence-electron chi connectivity index (χ2n) is 4.28. The number of hydrogen-bond acceptors (Lipinski definition) is 1. The van der Waals surface area contributed by atoms with Crippen molar-refractivity contribution in [3.05, 3.63) is 55.6 Å². The van der Waals surface area contributed by atoms with E-state index >= 15 is 0 Å². The van der Waals surface area contributed by atoms with Crippen molar-refractivity contribution in [2.45, 2.75) is 38.2 Å². The van der Waals surface area contributed by atoms with Gasteiger partial charge >= 0.3 is 0 Å². The first-order valence-corrected chi connectivity index (χ1v) is 6.25.